The van der Waals surface area contributed by atoms with E-state index in [0.717, 1.165) is 33.0 Å². The van der Waals surface area contributed by atoms with E-state index in [2.05, 4.69) is 39.0 Å². The van der Waals surface area contributed by atoms with Crippen LogP contribution < -0.4 is 9.64 Å². The first-order chi connectivity index (χ1) is 14.9. The summed E-state index contributed by atoms with van der Waals surface area (Å²) in [5.41, 5.74) is 3.65. The summed E-state index contributed by atoms with van der Waals surface area (Å²) in [6.45, 7) is 6.28. The monoisotopic (exact) mass is 429 g/mol. The lowest BCUT2D eigenvalue weighted by Gasteiger charge is -2.43. The van der Waals surface area contributed by atoms with Crippen LogP contribution in [0.3, 0.4) is 0 Å². The van der Waals surface area contributed by atoms with Crippen LogP contribution in [-0.2, 0) is 4.79 Å². The fourth-order valence-corrected chi connectivity index (χ4v) is 5.27. The first-order valence-corrected chi connectivity index (χ1v) is 11.3. The number of allylic oxidation sites excluding steroid dienone is 1. The lowest BCUT2D eigenvalue weighted by molar-refractivity contribution is -0.119. The van der Waals surface area contributed by atoms with Gasteiger partial charge in [0.2, 0.25) is 5.91 Å². The second-order valence-electron chi connectivity index (χ2n) is 8.26. The van der Waals surface area contributed by atoms with Crippen molar-refractivity contribution in [3.05, 3.63) is 96.1 Å². The fourth-order valence-electron chi connectivity index (χ4n) is 4.18. The third-order valence-corrected chi connectivity index (χ3v) is 6.81. The molecule has 1 atom stereocenters. The van der Waals surface area contributed by atoms with Gasteiger partial charge in [0, 0.05) is 10.5 Å². The number of methoxy groups -OCH3 is 1. The van der Waals surface area contributed by atoms with Gasteiger partial charge in [-0.2, -0.15) is 0 Å². The van der Waals surface area contributed by atoms with E-state index in [0.29, 0.717) is 0 Å². The Morgan fingerprint density at radius 3 is 2.26 bits per heavy atom. The highest BCUT2D eigenvalue weighted by Crippen LogP contribution is 2.45. The van der Waals surface area contributed by atoms with E-state index in [1.807, 2.05) is 71.6 Å². The van der Waals surface area contributed by atoms with Crippen molar-refractivity contribution < 1.29 is 9.53 Å². The van der Waals surface area contributed by atoms with Gasteiger partial charge < -0.3 is 9.64 Å². The minimum absolute atomic E-state index is 0.0696. The highest BCUT2D eigenvalue weighted by atomic mass is 32.2. The molecule has 0 spiro atoms. The van der Waals surface area contributed by atoms with Crippen LogP contribution in [0.2, 0.25) is 0 Å². The zero-order valence-electron chi connectivity index (χ0n) is 18.3. The standard InChI is InChI=1S/C27H27NO2S/c1-19-18-27(2,3)28(24-16-15-21(30-4)17-23(19)24)26(29)25(20-11-7-5-8-12-20)31-22-13-9-6-10-14-22/h5-18,25H,1-4H3. The van der Waals surface area contributed by atoms with Gasteiger partial charge in [-0.15, -0.1) is 11.8 Å². The molecule has 1 heterocycles. The molecule has 4 heteroatoms. The van der Waals surface area contributed by atoms with Crippen LogP contribution in [-0.4, -0.2) is 18.6 Å². The van der Waals surface area contributed by atoms with Crippen molar-refractivity contribution >= 4 is 28.9 Å². The molecule has 0 bridgehead atoms. The number of benzene rings is 3. The summed E-state index contributed by atoms with van der Waals surface area (Å²) in [6, 6.07) is 26.1. The molecule has 31 heavy (non-hydrogen) atoms. The maximum Gasteiger partial charge on any atom is 0.245 e. The van der Waals surface area contributed by atoms with E-state index in [1.165, 1.54) is 0 Å². The smallest absolute Gasteiger partial charge is 0.245 e. The molecule has 0 saturated carbocycles. The Kier molecular flexibility index (Phi) is 5.92. The van der Waals surface area contributed by atoms with Gasteiger partial charge in [-0.25, -0.2) is 0 Å². The number of hydrogen-bond acceptors (Lipinski definition) is 3. The van der Waals surface area contributed by atoms with Crippen molar-refractivity contribution in [1.82, 2.24) is 0 Å². The first-order valence-electron chi connectivity index (χ1n) is 10.4. The van der Waals surface area contributed by atoms with Gasteiger partial charge in [0.15, 0.2) is 0 Å². The number of amides is 1. The number of nitrogens with zero attached hydrogens (tertiary/aromatic N) is 1. The Bertz CT molecular complexity index is 1110. The highest BCUT2D eigenvalue weighted by Gasteiger charge is 2.39. The lowest BCUT2D eigenvalue weighted by Crippen LogP contribution is -2.50. The van der Waals surface area contributed by atoms with Gasteiger partial charge >= 0.3 is 0 Å². The van der Waals surface area contributed by atoms with Gasteiger partial charge in [-0.05, 0) is 62.2 Å². The molecular formula is C27H27NO2S. The van der Waals surface area contributed by atoms with E-state index >= 15 is 0 Å². The minimum atomic E-state index is -0.451. The number of thioether (sulfide) groups is 1. The zero-order chi connectivity index (χ0) is 22.0. The third-order valence-electron chi connectivity index (χ3n) is 5.56. The normalized spacial score (nSPS) is 15.6. The summed E-state index contributed by atoms with van der Waals surface area (Å²) in [5, 5.41) is -0.357. The Morgan fingerprint density at radius 1 is 0.968 bits per heavy atom. The molecule has 4 rings (SSSR count). The zero-order valence-corrected chi connectivity index (χ0v) is 19.1. The Labute approximate surface area is 188 Å². The average Bonchev–Trinajstić information content (AvgIpc) is 2.78. The van der Waals surface area contributed by atoms with Crippen LogP contribution in [0.4, 0.5) is 5.69 Å². The predicted molar refractivity (Wildman–Crippen MR) is 130 cm³/mol. The van der Waals surface area contributed by atoms with Crippen molar-refractivity contribution in [3.63, 3.8) is 0 Å². The Balaban J connectivity index is 1.81. The number of hydrogen-bond donors (Lipinski definition) is 0. The minimum Gasteiger partial charge on any atom is -0.497 e. The van der Waals surface area contributed by atoms with Crippen molar-refractivity contribution in [2.75, 3.05) is 12.0 Å². The van der Waals surface area contributed by atoms with Crippen LogP contribution in [0.1, 0.15) is 37.1 Å². The second-order valence-corrected chi connectivity index (χ2v) is 9.44. The van der Waals surface area contributed by atoms with Gasteiger partial charge in [0.1, 0.15) is 11.0 Å². The van der Waals surface area contributed by atoms with Crippen molar-refractivity contribution in [2.45, 2.75) is 36.5 Å². The molecule has 1 unspecified atom stereocenters. The Hall–Kier alpha value is -2.98. The average molecular weight is 430 g/mol. The molecule has 0 aromatic heterocycles. The maximum atomic E-state index is 14.2. The third kappa shape index (κ3) is 4.26. The first kappa shape index (κ1) is 21.3. The number of carbonyl (C=O) groups excluding carboxylic acids is 1. The molecule has 1 aliphatic rings. The molecule has 3 aromatic rings. The largest absolute Gasteiger partial charge is 0.497 e. The van der Waals surface area contributed by atoms with E-state index < -0.39 is 5.54 Å². The summed E-state index contributed by atoms with van der Waals surface area (Å²) in [6.07, 6.45) is 2.17. The van der Waals surface area contributed by atoms with Crippen LogP contribution >= 0.6 is 11.8 Å². The van der Waals surface area contributed by atoms with E-state index in [4.69, 9.17) is 4.74 Å². The fraction of sp³-hybridized carbons (Fsp3) is 0.222. The molecule has 1 amide bonds. The molecule has 3 nitrogen and oxygen atoms in total. The van der Waals surface area contributed by atoms with Crippen molar-refractivity contribution in [2.24, 2.45) is 0 Å². The molecule has 158 valence electrons. The topological polar surface area (TPSA) is 29.5 Å². The predicted octanol–water partition coefficient (Wildman–Crippen LogP) is 6.76. The summed E-state index contributed by atoms with van der Waals surface area (Å²) in [4.78, 5) is 17.2. The molecule has 1 aliphatic heterocycles. The van der Waals surface area contributed by atoms with E-state index in [9.17, 15) is 4.79 Å². The molecule has 3 aromatic carbocycles. The van der Waals surface area contributed by atoms with Gasteiger partial charge in [-0.3, -0.25) is 4.79 Å². The maximum absolute atomic E-state index is 14.2. The lowest BCUT2D eigenvalue weighted by atomic mass is 9.88. The summed E-state index contributed by atoms with van der Waals surface area (Å²) < 4.78 is 5.44. The number of rotatable bonds is 5. The summed E-state index contributed by atoms with van der Waals surface area (Å²) in [7, 11) is 1.67. The second kappa shape index (κ2) is 8.64. The molecule has 0 radical (unpaired) electrons. The SMILES string of the molecule is COc1ccc2c(c1)C(C)=CC(C)(C)N2C(=O)C(Sc1ccccc1)c1ccccc1. The molecule has 0 saturated heterocycles. The van der Waals surface area contributed by atoms with Crippen LogP contribution in [0, 0.1) is 0 Å². The number of anilines is 1. The van der Waals surface area contributed by atoms with Crippen LogP contribution in [0.5, 0.6) is 5.75 Å². The number of fused-ring (bicyclic) bond motifs is 1. The number of ether oxygens (including phenoxy) is 1. The van der Waals surface area contributed by atoms with E-state index in [1.54, 1.807) is 18.9 Å². The summed E-state index contributed by atoms with van der Waals surface area (Å²) >= 11 is 1.59. The van der Waals surface area contributed by atoms with Gasteiger partial charge in [0.25, 0.3) is 0 Å². The summed E-state index contributed by atoms with van der Waals surface area (Å²) in [5.74, 6) is 0.858. The molecule has 0 N–H and O–H groups in total. The van der Waals surface area contributed by atoms with Crippen LogP contribution in [0.25, 0.3) is 5.57 Å². The van der Waals surface area contributed by atoms with E-state index in [-0.39, 0.29) is 11.2 Å². The highest BCUT2D eigenvalue weighted by molar-refractivity contribution is 8.00. The molecule has 0 fully saturated rings. The molecular weight excluding hydrogens is 402 g/mol. The Morgan fingerprint density at radius 2 is 1.61 bits per heavy atom. The quantitative estimate of drug-likeness (QED) is 0.420. The molecule has 0 aliphatic carbocycles. The van der Waals surface area contributed by atoms with Crippen LogP contribution in [0.15, 0.2) is 89.8 Å². The van der Waals surface area contributed by atoms with Gasteiger partial charge in [0.05, 0.1) is 18.3 Å². The van der Waals surface area contributed by atoms with Crippen molar-refractivity contribution in [3.8, 4) is 5.75 Å². The number of carbonyl (C=O) groups is 1. The van der Waals surface area contributed by atoms with Crippen molar-refractivity contribution in [1.29, 1.82) is 0 Å². The van der Waals surface area contributed by atoms with Gasteiger partial charge in [-0.1, -0.05) is 54.6 Å².